The van der Waals surface area contributed by atoms with Crippen LogP contribution in [0.5, 0.6) is 0 Å². The van der Waals surface area contributed by atoms with Crippen molar-refractivity contribution in [3.05, 3.63) is 0 Å². The SMILES string of the molecule is C#CCNC(=O)C1(C#N)CCOCC1. The van der Waals surface area contributed by atoms with Crippen molar-refractivity contribution in [2.45, 2.75) is 12.8 Å². The molecule has 1 rings (SSSR count). The van der Waals surface area contributed by atoms with Crippen molar-refractivity contribution in [1.29, 1.82) is 5.26 Å². The van der Waals surface area contributed by atoms with Crippen LogP contribution < -0.4 is 5.32 Å². The van der Waals surface area contributed by atoms with Gasteiger partial charge in [0, 0.05) is 13.2 Å². The fourth-order valence-corrected chi connectivity index (χ4v) is 1.41. The van der Waals surface area contributed by atoms with Gasteiger partial charge in [0.2, 0.25) is 5.91 Å². The number of ether oxygens (including phenoxy) is 1. The van der Waals surface area contributed by atoms with E-state index in [1.54, 1.807) is 0 Å². The molecule has 0 radical (unpaired) electrons. The van der Waals surface area contributed by atoms with Crippen molar-refractivity contribution in [2.24, 2.45) is 5.41 Å². The van der Waals surface area contributed by atoms with Crippen LogP contribution in [-0.2, 0) is 9.53 Å². The molecule has 4 nitrogen and oxygen atoms in total. The van der Waals surface area contributed by atoms with E-state index < -0.39 is 5.41 Å². The lowest BCUT2D eigenvalue weighted by molar-refractivity contribution is -0.132. The first-order chi connectivity index (χ1) is 6.75. The Morgan fingerprint density at radius 1 is 1.57 bits per heavy atom. The van der Waals surface area contributed by atoms with Gasteiger partial charge >= 0.3 is 0 Å². The van der Waals surface area contributed by atoms with E-state index in [1.807, 2.05) is 0 Å². The van der Waals surface area contributed by atoms with Gasteiger partial charge in [-0.1, -0.05) is 5.92 Å². The minimum Gasteiger partial charge on any atom is -0.381 e. The summed E-state index contributed by atoms with van der Waals surface area (Å²) in [5.74, 6) is 2.03. The van der Waals surface area contributed by atoms with E-state index in [2.05, 4.69) is 17.3 Å². The monoisotopic (exact) mass is 192 g/mol. The molecular weight excluding hydrogens is 180 g/mol. The largest absolute Gasteiger partial charge is 0.381 e. The molecule has 1 aliphatic heterocycles. The molecule has 0 bridgehead atoms. The number of amides is 1. The van der Waals surface area contributed by atoms with Crippen LogP contribution in [0.4, 0.5) is 0 Å². The van der Waals surface area contributed by atoms with Crippen LogP contribution in [0.25, 0.3) is 0 Å². The van der Waals surface area contributed by atoms with Crippen molar-refractivity contribution in [3.8, 4) is 18.4 Å². The molecule has 4 heteroatoms. The predicted molar refractivity (Wildman–Crippen MR) is 49.9 cm³/mol. The Morgan fingerprint density at radius 3 is 2.71 bits per heavy atom. The standard InChI is InChI=1S/C10H12N2O2/c1-2-5-12-9(13)10(8-11)3-6-14-7-4-10/h1H,3-7H2,(H,12,13). The topological polar surface area (TPSA) is 62.1 Å². The number of carbonyl (C=O) groups is 1. The number of carbonyl (C=O) groups excluding carboxylic acids is 1. The Hall–Kier alpha value is -1.52. The van der Waals surface area contributed by atoms with Crippen LogP contribution >= 0.6 is 0 Å². The molecule has 1 fully saturated rings. The fourth-order valence-electron chi connectivity index (χ4n) is 1.41. The minimum absolute atomic E-state index is 0.170. The Balaban J connectivity index is 2.65. The lowest BCUT2D eigenvalue weighted by Gasteiger charge is -2.28. The van der Waals surface area contributed by atoms with Gasteiger partial charge in [0.15, 0.2) is 0 Å². The van der Waals surface area contributed by atoms with Crippen LogP contribution in [0.1, 0.15) is 12.8 Å². The van der Waals surface area contributed by atoms with Crippen molar-refractivity contribution in [2.75, 3.05) is 19.8 Å². The third kappa shape index (κ3) is 2.04. The number of nitriles is 1. The molecule has 1 saturated heterocycles. The van der Waals surface area contributed by atoms with Gasteiger partial charge in [-0.25, -0.2) is 0 Å². The van der Waals surface area contributed by atoms with E-state index in [4.69, 9.17) is 16.4 Å². The van der Waals surface area contributed by atoms with E-state index in [0.717, 1.165) is 0 Å². The molecule has 0 aromatic carbocycles. The predicted octanol–water partition coefficient (Wildman–Crippen LogP) is 0.0562. The number of rotatable bonds is 2. The number of nitrogens with zero attached hydrogens (tertiary/aromatic N) is 1. The second-order valence-corrected chi connectivity index (χ2v) is 3.19. The summed E-state index contributed by atoms with van der Waals surface area (Å²) in [7, 11) is 0. The van der Waals surface area contributed by atoms with E-state index in [1.165, 1.54) is 0 Å². The molecule has 0 atom stereocenters. The van der Waals surface area contributed by atoms with E-state index >= 15 is 0 Å². The first-order valence-electron chi connectivity index (χ1n) is 4.46. The molecule has 0 spiro atoms. The summed E-state index contributed by atoms with van der Waals surface area (Å²) >= 11 is 0. The summed E-state index contributed by atoms with van der Waals surface area (Å²) < 4.78 is 5.11. The Kier molecular flexibility index (Phi) is 3.50. The molecule has 1 amide bonds. The maximum Gasteiger partial charge on any atom is 0.241 e. The quantitative estimate of drug-likeness (QED) is 0.629. The zero-order valence-corrected chi connectivity index (χ0v) is 7.88. The van der Waals surface area contributed by atoms with Gasteiger partial charge in [-0.05, 0) is 12.8 Å². The van der Waals surface area contributed by atoms with Crippen molar-refractivity contribution in [1.82, 2.24) is 5.32 Å². The van der Waals surface area contributed by atoms with Gasteiger partial charge in [0.1, 0.15) is 5.41 Å². The lowest BCUT2D eigenvalue weighted by atomic mass is 9.81. The Bertz CT molecular complexity index is 292. The van der Waals surface area contributed by atoms with E-state index in [9.17, 15) is 4.79 Å². The summed E-state index contributed by atoms with van der Waals surface area (Å²) in [6, 6.07) is 2.07. The Labute approximate surface area is 83.2 Å². The molecule has 0 unspecified atom stereocenters. The highest BCUT2D eigenvalue weighted by atomic mass is 16.5. The highest BCUT2D eigenvalue weighted by Crippen LogP contribution is 2.29. The molecule has 14 heavy (non-hydrogen) atoms. The minimum atomic E-state index is -0.935. The highest BCUT2D eigenvalue weighted by Gasteiger charge is 2.40. The van der Waals surface area contributed by atoms with Crippen LogP contribution in [0.2, 0.25) is 0 Å². The average molecular weight is 192 g/mol. The first-order valence-corrected chi connectivity index (χ1v) is 4.46. The van der Waals surface area contributed by atoms with Crippen LogP contribution in [0, 0.1) is 29.1 Å². The smallest absolute Gasteiger partial charge is 0.241 e. The summed E-state index contributed by atoms with van der Waals surface area (Å²) in [6.45, 7) is 1.08. The zero-order valence-electron chi connectivity index (χ0n) is 7.88. The molecule has 0 aromatic rings. The molecule has 0 aromatic heterocycles. The maximum atomic E-state index is 11.6. The van der Waals surface area contributed by atoms with Crippen molar-refractivity contribution in [3.63, 3.8) is 0 Å². The summed E-state index contributed by atoms with van der Waals surface area (Å²) in [6.07, 6.45) is 5.91. The zero-order chi connectivity index (χ0) is 10.4. The Morgan fingerprint density at radius 2 is 2.21 bits per heavy atom. The van der Waals surface area contributed by atoms with Crippen LogP contribution in [0.3, 0.4) is 0 Å². The van der Waals surface area contributed by atoms with Crippen LogP contribution in [-0.4, -0.2) is 25.7 Å². The summed E-state index contributed by atoms with van der Waals surface area (Å²) in [4.78, 5) is 11.6. The van der Waals surface area contributed by atoms with Gasteiger partial charge in [0.05, 0.1) is 12.6 Å². The number of terminal acetylenes is 1. The first kappa shape index (κ1) is 10.6. The molecule has 1 N–H and O–H groups in total. The average Bonchev–Trinajstić information content (AvgIpc) is 2.26. The molecular formula is C10H12N2O2. The van der Waals surface area contributed by atoms with Gasteiger partial charge in [-0.15, -0.1) is 6.42 Å². The second-order valence-electron chi connectivity index (χ2n) is 3.19. The molecule has 74 valence electrons. The molecule has 1 aliphatic rings. The number of hydrogen-bond acceptors (Lipinski definition) is 3. The highest BCUT2D eigenvalue weighted by molar-refractivity contribution is 5.85. The third-order valence-electron chi connectivity index (χ3n) is 2.35. The van der Waals surface area contributed by atoms with Gasteiger partial charge in [0.25, 0.3) is 0 Å². The normalized spacial score (nSPS) is 19.0. The lowest BCUT2D eigenvalue weighted by Crippen LogP contribution is -2.43. The summed E-state index contributed by atoms with van der Waals surface area (Å²) in [5.41, 5.74) is -0.935. The molecule has 0 aliphatic carbocycles. The van der Waals surface area contributed by atoms with Gasteiger partial charge < -0.3 is 10.1 Å². The maximum absolute atomic E-state index is 11.6. The number of nitrogens with one attached hydrogen (secondary N) is 1. The third-order valence-corrected chi connectivity index (χ3v) is 2.35. The van der Waals surface area contributed by atoms with Gasteiger partial charge in [-0.2, -0.15) is 5.26 Å². The van der Waals surface area contributed by atoms with Crippen molar-refractivity contribution >= 4 is 5.91 Å². The molecule has 0 saturated carbocycles. The van der Waals surface area contributed by atoms with E-state index in [-0.39, 0.29) is 12.5 Å². The van der Waals surface area contributed by atoms with E-state index in [0.29, 0.717) is 26.1 Å². The number of hydrogen-bond donors (Lipinski definition) is 1. The van der Waals surface area contributed by atoms with Crippen molar-refractivity contribution < 1.29 is 9.53 Å². The molecule has 1 heterocycles. The fraction of sp³-hybridized carbons (Fsp3) is 0.600. The van der Waals surface area contributed by atoms with Gasteiger partial charge in [-0.3, -0.25) is 4.79 Å². The summed E-state index contributed by atoms with van der Waals surface area (Å²) in [5, 5.41) is 11.5. The second kappa shape index (κ2) is 4.64. The van der Waals surface area contributed by atoms with Crippen LogP contribution in [0.15, 0.2) is 0 Å².